The van der Waals surface area contributed by atoms with Crippen LogP contribution in [0.25, 0.3) is 11.1 Å². The van der Waals surface area contributed by atoms with E-state index in [9.17, 15) is 27.9 Å². The van der Waals surface area contributed by atoms with E-state index in [4.69, 9.17) is 9.47 Å². The molecule has 4 aromatic rings. The number of halogens is 3. The molecule has 13 heteroatoms. The van der Waals surface area contributed by atoms with Gasteiger partial charge in [-0.15, -0.1) is 0 Å². The summed E-state index contributed by atoms with van der Waals surface area (Å²) in [5.41, 5.74) is 5.27. The lowest BCUT2D eigenvalue weighted by molar-refractivity contribution is -0.245. The first-order valence-corrected chi connectivity index (χ1v) is 17.0. The third kappa shape index (κ3) is 8.35. The highest BCUT2D eigenvalue weighted by Gasteiger charge is 2.47. The number of aryl methyl sites for hydroxylation is 1. The molecule has 2 fully saturated rings. The number of hydrogen-bond donors (Lipinski definition) is 2. The van der Waals surface area contributed by atoms with Crippen molar-refractivity contribution in [2.24, 2.45) is 7.05 Å². The first kappa shape index (κ1) is 34.7. The molecular formula is C36H37F3N4O5S. The molecule has 49 heavy (non-hydrogen) atoms. The number of aliphatic hydroxyl groups excluding tert-OH is 1. The van der Waals surface area contributed by atoms with Gasteiger partial charge < -0.3 is 29.4 Å². The molecule has 0 spiro atoms. The van der Waals surface area contributed by atoms with Crippen LogP contribution in [-0.4, -0.2) is 62.0 Å². The fourth-order valence-electron chi connectivity index (χ4n) is 6.13. The molecule has 3 heterocycles. The van der Waals surface area contributed by atoms with Gasteiger partial charge >= 0.3 is 12.1 Å². The number of carbonyl (C=O) groups is 2. The summed E-state index contributed by atoms with van der Waals surface area (Å²) in [4.78, 5) is 29.6. The number of aromatic nitrogens is 2. The third-order valence-electron chi connectivity index (χ3n) is 8.76. The maximum Gasteiger partial charge on any atom is 0.471 e. The van der Waals surface area contributed by atoms with Crippen molar-refractivity contribution in [3.63, 3.8) is 0 Å². The van der Waals surface area contributed by atoms with E-state index in [-0.39, 0.29) is 38.3 Å². The van der Waals surface area contributed by atoms with Gasteiger partial charge in [0.2, 0.25) is 5.91 Å². The van der Waals surface area contributed by atoms with Gasteiger partial charge in [0.05, 0.1) is 18.8 Å². The van der Waals surface area contributed by atoms with Crippen molar-refractivity contribution in [2.75, 3.05) is 12.3 Å². The Morgan fingerprint density at radius 3 is 2.45 bits per heavy atom. The number of aliphatic hydroxyl groups is 1. The molecule has 2 aliphatic heterocycles. The van der Waals surface area contributed by atoms with Crippen molar-refractivity contribution in [1.82, 2.24) is 19.8 Å². The number of thioether (sulfide) groups is 1. The van der Waals surface area contributed by atoms with Crippen molar-refractivity contribution in [1.29, 1.82) is 0 Å². The minimum Gasteiger partial charge on any atom is -0.392 e. The van der Waals surface area contributed by atoms with Crippen LogP contribution in [0.2, 0.25) is 0 Å². The van der Waals surface area contributed by atoms with E-state index in [0.29, 0.717) is 23.5 Å². The second-order valence-electron chi connectivity index (χ2n) is 12.2. The lowest BCUT2D eigenvalue weighted by Crippen LogP contribution is -2.50. The Labute approximate surface area is 286 Å². The van der Waals surface area contributed by atoms with Crippen molar-refractivity contribution in [2.45, 2.75) is 68.3 Å². The van der Waals surface area contributed by atoms with Crippen LogP contribution in [0.15, 0.2) is 90.3 Å². The molecule has 1 aromatic heterocycles. The molecule has 2 saturated heterocycles. The van der Waals surface area contributed by atoms with Crippen molar-refractivity contribution < 1.29 is 37.3 Å². The summed E-state index contributed by atoms with van der Waals surface area (Å²) in [5, 5.41) is 13.1. The summed E-state index contributed by atoms with van der Waals surface area (Å²) < 4.78 is 53.9. The van der Waals surface area contributed by atoms with Crippen LogP contribution in [0.1, 0.15) is 53.9 Å². The van der Waals surface area contributed by atoms with Crippen LogP contribution < -0.4 is 5.32 Å². The number of likely N-dealkylation sites (tertiary alicyclic amines) is 1. The van der Waals surface area contributed by atoms with Gasteiger partial charge in [0.15, 0.2) is 11.4 Å². The maximum atomic E-state index is 13.0. The molecule has 0 radical (unpaired) electrons. The average Bonchev–Trinajstić information content (AvgIpc) is 3.78. The SMILES string of the molecule is Cn1ccnc1SCC1CC(c2ccc(CO)cc2)OC(c2ccc(-c3cccc(CNC(=O)C4CCCN4C(=O)C(F)(F)F)c3)cc2)O1. The predicted molar refractivity (Wildman–Crippen MR) is 177 cm³/mol. The molecule has 3 aromatic carbocycles. The highest BCUT2D eigenvalue weighted by atomic mass is 32.2. The van der Waals surface area contributed by atoms with Gasteiger partial charge in [-0.3, -0.25) is 9.59 Å². The van der Waals surface area contributed by atoms with Gasteiger partial charge in [-0.1, -0.05) is 78.5 Å². The summed E-state index contributed by atoms with van der Waals surface area (Å²) in [6.07, 6.45) is -1.10. The Kier molecular flexibility index (Phi) is 10.7. The summed E-state index contributed by atoms with van der Waals surface area (Å²) in [6.45, 7) is -0.0174. The molecule has 0 aliphatic carbocycles. The Morgan fingerprint density at radius 2 is 1.76 bits per heavy atom. The van der Waals surface area contributed by atoms with E-state index >= 15 is 0 Å². The van der Waals surface area contributed by atoms with Gasteiger partial charge in [0.25, 0.3) is 0 Å². The summed E-state index contributed by atoms with van der Waals surface area (Å²) in [6, 6.07) is 22.0. The van der Waals surface area contributed by atoms with E-state index in [1.54, 1.807) is 18.0 Å². The zero-order chi connectivity index (χ0) is 34.5. The number of imidazole rings is 1. The number of amides is 2. The number of ether oxygens (including phenoxy) is 2. The van der Waals surface area contributed by atoms with E-state index in [2.05, 4.69) is 10.3 Å². The number of alkyl halides is 3. The van der Waals surface area contributed by atoms with Crippen LogP contribution in [0.4, 0.5) is 13.2 Å². The molecule has 0 saturated carbocycles. The van der Waals surface area contributed by atoms with Gasteiger partial charge in [-0.25, -0.2) is 4.98 Å². The van der Waals surface area contributed by atoms with Crippen LogP contribution in [0, 0.1) is 0 Å². The van der Waals surface area contributed by atoms with Crippen LogP contribution in [0.3, 0.4) is 0 Å². The largest absolute Gasteiger partial charge is 0.471 e. The Morgan fingerprint density at radius 1 is 1.00 bits per heavy atom. The molecule has 6 rings (SSSR count). The van der Waals surface area contributed by atoms with Crippen LogP contribution in [0.5, 0.6) is 0 Å². The third-order valence-corrected chi connectivity index (χ3v) is 9.95. The molecule has 2 aliphatic rings. The molecule has 2 N–H and O–H groups in total. The molecular weight excluding hydrogens is 657 g/mol. The quantitative estimate of drug-likeness (QED) is 0.194. The maximum absolute atomic E-state index is 13.0. The monoisotopic (exact) mass is 694 g/mol. The first-order valence-electron chi connectivity index (χ1n) is 16.0. The van der Waals surface area contributed by atoms with E-state index in [0.717, 1.165) is 38.5 Å². The molecule has 9 nitrogen and oxygen atoms in total. The minimum atomic E-state index is -5.02. The Hall–Kier alpha value is -4.17. The molecule has 2 amide bonds. The topological polar surface area (TPSA) is 106 Å². The summed E-state index contributed by atoms with van der Waals surface area (Å²) >= 11 is 1.63. The lowest BCUT2D eigenvalue weighted by Gasteiger charge is -2.36. The van der Waals surface area contributed by atoms with Crippen molar-refractivity contribution in [3.05, 3.63) is 107 Å². The fourth-order valence-corrected chi connectivity index (χ4v) is 7.08. The first-order chi connectivity index (χ1) is 23.6. The van der Waals surface area contributed by atoms with Crippen LogP contribution in [-0.2, 0) is 39.3 Å². The number of nitrogens with one attached hydrogen (secondary N) is 1. The normalized spacial score (nSPS) is 21.1. The second-order valence-corrected chi connectivity index (χ2v) is 13.2. The van der Waals surface area contributed by atoms with E-state index in [1.807, 2.05) is 90.6 Å². The molecule has 0 bridgehead atoms. The molecule has 4 unspecified atom stereocenters. The van der Waals surface area contributed by atoms with Gasteiger partial charge in [-0.05, 0) is 46.7 Å². The number of carbonyl (C=O) groups excluding carboxylic acids is 2. The smallest absolute Gasteiger partial charge is 0.392 e. The minimum absolute atomic E-state index is 0.0307. The van der Waals surface area contributed by atoms with Gasteiger partial charge in [0.1, 0.15) is 6.04 Å². The highest BCUT2D eigenvalue weighted by Crippen LogP contribution is 2.40. The molecule has 4 atom stereocenters. The number of rotatable bonds is 10. The van der Waals surface area contributed by atoms with E-state index < -0.39 is 30.3 Å². The zero-order valence-electron chi connectivity index (χ0n) is 26.8. The van der Waals surface area contributed by atoms with E-state index in [1.165, 1.54) is 0 Å². The van der Waals surface area contributed by atoms with Crippen molar-refractivity contribution in [3.8, 4) is 11.1 Å². The number of nitrogens with zero attached hydrogens (tertiary/aromatic N) is 3. The fraction of sp³-hybridized carbons (Fsp3) is 0.361. The summed E-state index contributed by atoms with van der Waals surface area (Å²) in [7, 11) is 1.95. The van der Waals surface area contributed by atoms with Crippen LogP contribution >= 0.6 is 11.8 Å². The van der Waals surface area contributed by atoms with Crippen molar-refractivity contribution >= 4 is 23.6 Å². The van der Waals surface area contributed by atoms with Gasteiger partial charge in [0, 0.05) is 50.3 Å². The highest BCUT2D eigenvalue weighted by molar-refractivity contribution is 7.99. The average molecular weight is 695 g/mol. The number of benzene rings is 3. The van der Waals surface area contributed by atoms with Gasteiger partial charge in [-0.2, -0.15) is 13.2 Å². The zero-order valence-corrected chi connectivity index (χ0v) is 27.6. The summed E-state index contributed by atoms with van der Waals surface area (Å²) in [5.74, 6) is -1.89. The second kappa shape index (κ2) is 15.2. The molecule has 258 valence electrons. The lowest BCUT2D eigenvalue weighted by atomic mass is 9.99. The Bertz CT molecular complexity index is 1750. The standard InChI is InChI=1S/C36H37F3N4O5S/c1-42-17-15-40-35(42)49-22-29-19-31(26-9-7-23(21-44)8-10-26)48-33(47-29)27-13-11-25(12-14-27)28-5-2-4-24(18-28)20-41-32(45)30-6-3-16-43(30)34(46)36(37,38)39/h2,4-5,7-15,17-18,29-31,33,44H,3,6,16,19-22H2,1H3,(H,41,45). The predicted octanol–water partition coefficient (Wildman–Crippen LogP) is 6.09. The Balaban J connectivity index is 1.12. The number of hydrogen-bond acceptors (Lipinski definition) is 7.